The lowest BCUT2D eigenvalue weighted by atomic mass is 9.89. The Morgan fingerprint density at radius 1 is 0.619 bits per heavy atom. The molecule has 21 heavy (non-hydrogen) atoms. The standard InChI is InChI=1S/C21H24/c1-5-15-8-10-18-14(4)17(7-3)19-11-9-16(6-2)13-21(19)20(18)12-15/h8-13H,5-7H2,1-4H3. The van der Waals surface area contributed by atoms with Gasteiger partial charge in [-0.3, -0.25) is 0 Å². The van der Waals surface area contributed by atoms with Crippen molar-refractivity contribution in [1.82, 2.24) is 0 Å². The molecule has 0 unspecified atom stereocenters. The molecule has 108 valence electrons. The Hall–Kier alpha value is -1.82. The van der Waals surface area contributed by atoms with Gasteiger partial charge in [-0.1, -0.05) is 57.2 Å². The molecule has 0 aliphatic heterocycles. The quantitative estimate of drug-likeness (QED) is 0.515. The zero-order valence-corrected chi connectivity index (χ0v) is 13.6. The summed E-state index contributed by atoms with van der Waals surface area (Å²) in [6.45, 7) is 9.01. The van der Waals surface area contributed by atoms with Crippen molar-refractivity contribution in [2.45, 2.75) is 47.0 Å². The minimum absolute atomic E-state index is 1.10. The number of aryl methyl sites for hydroxylation is 4. The number of hydrogen-bond acceptors (Lipinski definition) is 0. The fourth-order valence-corrected chi connectivity index (χ4v) is 3.48. The molecule has 0 saturated carbocycles. The van der Waals surface area contributed by atoms with Crippen LogP contribution in [0.3, 0.4) is 0 Å². The van der Waals surface area contributed by atoms with Crippen molar-refractivity contribution < 1.29 is 0 Å². The maximum Gasteiger partial charge on any atom is -0.00996 e. The monoisotopic (exact) mass is 276 g/mol. The van der Waals surface area contributed by atoms with Crippen LogP contribution in [0.2, 0.25) is 0 Å². The average Bonchev–Trinajstić information content (AvgIpc) is 2.54. The van der Waals surface area contributed by atoms with Gasteiger partial charge >= 0.3 is 0 Å². The second-order valence-corrected chi connectivity index (χ2v) is 5.92. The largest absolute Gasteiger partial charge is 0.0613 e. The molecule has 0 amide bonds. The van der Waals surface area contributed by atoms with Crippen LogP contribution in [-0.2, 0) is 19.3 Å². The molecule has 0 N–H and O–H groups in total. The number of benzene rings is 3. The highest BCUT2D eigenvalue weighted by Crippen LogP contribution is 2.34. The Morgan fingerprint density at radius 3 is 1.67 bits per heavy atom. The maximum atomic E-state index is 2.40. The second kappa shape index (κ2) is 5.52. The van der Waals surface area contributed by atoms with Crippen LogP contribution in [0.4, 0.5) is 0 Å². The van der Waals surface area contributed by atoms with Gasteiger partial charge in [0.25, 0.3) is 0 Å². The molecule has 3 aromatic carbocycles. The van der Waals surface area contributed by atoms with Crippen LogP contribution in [0.1, 0.15) is 43.0 Å². The van der Waals surface area contributed by atoms with Crippen molar-refractivity contribution in [1.29, 1.82) is 0 Å². The van der Waals surface area contributed by atoms with Gasteiger partial charge in [-0.25, -0.2) is 0 Å². The Morgan fingerprint density at radius 2 is 1.14 bits per heavy atom. The Labute approximate surface area is 127 Å². The van der Waals surface area contributed by atoms with E-state index in [4.69, 9.17) is 0 Å². The molecule has 0 heteroatoms. The molecular weight excluding hydrogens is 252 g/mol. The van der Waals surface area contributed by atoms with Gasteiger partial charge in [-0.05, 0) is 70.0 Å². The fourth-order valence-electron chi connectivity index (χ4n) is 3.48. The fraction of sp³-hybridized carbons (Fsp3) is 0.333. The predicted octanol–water partition coefficient (Wildman–Crippen LogP) is 5.99. The number of rotatable bonds is 3. The summed E-state index contributed by atoms with van der Waals surface area (Å²) in [6, 6.07) is 14.0. The van der Waals surface area contributed by atoms with Crippen molar-refractivity contribution in [3.8, 4) is 0 Å². The van der Waals surface area contributed by atoms with Crippen LogP contribution < -0.4 is 0 Å². The van der Waals surface area contributed by atoms with Gasteiger partial charge in [-0.2, -0.15) is 0 Å². The van der Waals surface area contributed by atoms with E-state index in [1.807, 2.05) is 0 Å². The highest BCUT2D eigenvalue weighted by atomic mass is 14.1. The van der Waals surface area contributed by atoms with E-state index in [1.54, 1.807) is 0 Å². The number of hydrogen-bond donors (Lipinski definition) is 0. The summed E-state index contributed by atoms with van der Waals surface area (Å²) in [5.41, 5.74) is 5.81. The van der Waals surface area contributed by atoms with Gasteiger partial charge in [0, 0.05) is 0 Å². The van der Waals surface area contributed by atoms with Crippen molar-refractivity contribution in [3.05, 3.63) is 58.7 Å². The maximum absolute atomic E-state index is 2.40. The van der Waals surface area contributed by atoms with E-state index < -0.39 is 0 Å². The van der Waals surface area contributed by atoms with E-state index in [0.29, 0.717) is 0 Å². The molecule has 0 aromatic heterocycles. The first-order valence-electron chi connectivity index (χ1n) is 8.16. The summed E-state index contributed by atoms with van der Waals surface area (Å²) >= 11 is 0. The first-order valence-corrected chi connectivity index (χ1v) is 8.16. The highest BCUT2D eigenvalue weighted by molar-refractivity contribution is 6.11. The first-order chi connectivity index (χ1) is 10.2. The molecule has 0 aliphatic carbocycles. The van der Waals surface area contributed by atoms with Gasteiger partial charge < -0.3 is 0 Å². The molecule has 0 fully saturated rings. The normalized spacial score (nSPS) is 11.4. The molecule has 0 atom stereocenters. The lowest BCUT2D eigenvalue weighted by Crippen LogP contribution is -1.94. The average molecular weight is 276 g/mol. The summed E-state index contributed by atoms with van der Waals surface area (Å²) in [5.74, 6) is 0. The van der Waals surface area contributed by atoms with Crippen LogP contribution in [0.15, 0.2) is 36.4 Å². The lowest BCUT2D eigenvalue weighted by Gasteiger charge is -2.15. The molecule has 3 rings (SSSR count). The van der Waals surface area contributed by atoms with Crippen molar-refractivity contribution >= 4 is 21.5 Å². The molecule has 0 spiro atoms. The van der Waals surface area contributed by atoms with Crippen molar-refractivity contribution in [3.63, 3.8) is 0 Å². The zero-order chi connectivity index (χ0) is 15.0. The highest BCUT2D eigenvalue weighted by Gasteiger charge is 2.11. The van der Waals surface area contributed by atoms with Gasteiger partial charge in [0.15, 0.2) is 0 Å². The summed E-state index contributed by atoms with van der Waals surface area (Å²) in [6.07, 6.45) is 3.29. The lowest BCUT2D eigenvalue weighted by molar-refractivity contribution is 1.13. The van der Waals surface area contributed by atoms with E-state index in [-0.39, 0.29) is 0 Å². The minimum atomic E-state index is 1.10. The van der Waals surface area contributed by atoms with Gasteiger partial charge in [0.2, 0.25) is 0 Å². The van der Waals surface area contributed by atoms with Crippen LogP contribution in [0.25, 0.3) is 21.5 Å². The topological polar surface area (TPSA) is 0 Å². The SMILES string of the molecule is CCc1ccc2c(C)c(CC)c3ccc(CC)cc3c2c1. The van der Waals surface area contributed by atoms with Gasteiger partial charge in [-0.15, -0.1) is 0 Å². The van der Waals surface area contributed by atoms with Gasteiger partial charge in [0.05, 0.1) is 0 Å². The zero-order valence-electron chi connectivity index (χ0n) is 13.6. The van der Waals surface area contributed by atoms with E-state index in [9.17, 15) is 0 Å². The third-order valence-corrected chi connectivity index (χ3v) is 4.81. The summed E-state index contributed by atoms with van der Waals surface area (Å²) in [4.78, 5) is 0. The molecule has 3 aromatic rings. The van der Waals surface area contributed by atoms with E-state index in [2.05, 4.69) is 64.1 Å². The summed E-state index contributed by atoms with van der Waals surface area (Å²) in [5, 5.41) is 5.72. The Kier molecular flexibility index (Phi) is 3.71. The Balaban J connectivity index is 2.52. The van der Waals surface area contributed by atoms with E-state index >= 15 is 0 Å². The Bertz CT molecular complexity index is 809. The smallest absolute Gasteiger partial charge is 0.00996 e. The first kappa shape index (κ1) is 14.1. The summed E-state index contributed by atoms with van der Waals surface area (Å²) < 4.78 is 0. The van der Waals surface area contributed by atoms with Crippen molar-refractivity contribution in [2.75, 3.05) is 0 Å². The van der Waals surface area contributed by atoms with Crippen molar-refractivity contribution in [2.24, 2.45) is 0 Å². The molecule has 0 heterocycles. The van der Waals surface area contributed by atoms with E-state index in [0.717, 1.165) is 19.3 Å². The third kappa shape index (κ3) is 2.23. The molecule has 0 saturated heterocycles. The van der Waals surface area contributed by atoms with Crippen LogP contribution >= 0.6 is 0 Å². The predicted molar refractivity (Wildman–Crippen MR) is 94.3 cm³/mol. The van der Waals surface area contributed by atoms with Crippen LogP contribution in [0.5, 0.6) is 0 Å². The molecule has 0 bridgehead atoms. The molecule has 0 nitrogen and oxygen atoms in total. The summed E-state index contributed by atoms with van der Waals surface area (Å²) in [7, 11) is 0. The molecule has 0 aliphatic rings. The molecular formula is C21H24. The molecule has 0 radical (unpaired) electrons. The van der Waals surface area contributed by atoms with E-state index in [1.165, 1.54) is 43.8 Å². The van der Waals surface area contributed by atoms with Crippen LogP contribution in [0, 0.1) is 6.92 Å². The van der Waals surface area contributed by atoms with Crippen LogP contribution in [-0.4, -0.2) is 0 Å². The second-order valence-electron chi connectivity index (χ2n) is 5.92. The third-order valence-electron chi connectivity index (χ3n) is 4.81. The minimum Gasteiger partial charge on any atom is -0.0613 e. The number of fused-ring (bicyclic) bond motifs is 3. The van der Waals surface area contributed by atoms with Gasteiger partial charge in [0.1, 0.15) is 0 Å².